The van der Waals surface area contributed by atoms with Crippen LogP contribution in [0.5, 0.6) is 0 Å². The minimum Gasteiger partial charge on any atom is -0.341 e. The molecule has 20 heavy (non-hydrogen) atoms. The average Bonchev–Trinajstić information content (AvgIpc) is 2.84. The van der Waals surface area contributed by atoms with Gasteiger partial charge in [-0.15, -0.1) is 6.42 Å². The van der Waals surface area contributed by atoms with E-state index in [9.17, 15) is 0 Å². The Morgan fingerprint density at radius 3 is 2.80 bits per heavy atom. The molecule has 1 atom stereocenters. The molecule has 0 aliphatic carbocycles. The van der Waals surface area contributed by atoms with Crippen molar-refractivity contribution in [1.29, 1.82) is 0 Å². The lowest BCUT2D eigenvalue weighted by Crippen LogP contribution is -2.24. The first-order valence-corrected chi connectivity index (χ1v) is 6.64. The molecule has 1 heterocycles. The summed E-state index contributed by atoms with van der Waals surface area (Å²) in [5.74, 6) is 1.99. The Morgan fingerprint density at radius 1 is 1.20 bits per heavy atom. The second-order valence-electron chi connectivity index (χ2n) is 4.98. The summed E-state index contributed by atoms with van der Waals surface area (Å²) in [6.45, 7) is 2.98. The number of ether oxygens (including phenoxy) is 2. The summed E-state index contributed by atoms with van der Waals surface area (Å²) in [6, 6.07) is 15.9. The molecular weight excluding hydrogens is 248 g/mol. The minimum atomic E-state index is -0.696. The second-order valence-corrected chi connectivity index (χ2v) is 4.98. The standard InChI is InChI=1S/C18H16O2/c1-3-14-8-4-5-9-15(14)12-19-18(2)17-11-7-6-10-16(17)13-20-18/h1,4-11H,12-13H2,2H3. The number of hydrogen-bond acceptors (Lipinski definition) is 2. The molecule has 2 aromatic rings. The Labute approximate surface area is 119 Å². The van der Waals surface area contributed by atoms with Gasteiger partial charge in [0, 0.05) is 11.1 Å². The van der Waals surface area contributed by atoms with Crippen LogP contribution in [0.2, 0.25) is 0 Å². The first-order chi connectivity index (χ1) is 9.73. The van der Waals surface area contributed by atoms with Crippen molar-refractivity contribution in [1.82, 2.24) is 0 Å². The lowest BCUT2D eigenvalue weighted by molar-refractivity contribution is -0.233. The van der Waals surface area contributed by atoms with E-state index in [1.807, 2.05) is 43.3 Å². The van der Waals surface area contributed by atoms with Crippen LogP contribution < -0.4 is 0 Å². The van der Waals surface area contributed by atoms with Crippen LogP contribution >= 0.6 is 0 Å². The molecule has 0 amide bonds. The third kappa shape index (κ3) is 2.22. The van der Waals surface area contributed by atoms with E-state index in [0.717, 1.165) is 16.7 Å². The normalized spacial score (nSPS) is 20.4. The monoisotopic (exact) mass is 264 g/mol. The van der Waals surface area contributed by atoms with Crippen LogP contribution in [-0.4, -0.2) is 0 Å². The van der Waals surface area contributed by atoms with Gasteiger partial charge in [-0.2, -0.15) is 0 Å². The molecule has 0 N–H and O–H groups in total. The summed E-state index contributed by atoms with van der Waals surface area (Å²) in [7, 11) is 0. The third-order valence-electron chi connectivity index (χ3n) is 3.69. The van der Waals surface area contributed by atoms with Gasteiger partial charge in [0.05, 0.1) is 13.2 Å². The Kier molecular flexibility index (Phi) is 3.31. The Hall–Kier alpha value is -2.08. The van der Waals surface area contributed by atoms with Crippen LogP contribution in [0.4, 0.5) is 0 Å². The van der Waals surface area contributed by atoms with Gasteiger partial charge in [0.15, 0.2) is 5.79 Å². The predicted molar refractivity (Wildman–Crippen MR) is 77.7 cm³/mol. The number of fused-ring (bicyclic) bond motifs is 1. The van der Waals surface area contributed by atoms with Crippen molar-refractivity contribution in [2.45, 2.75) is 25.9 Å². The van der Waals surface area contributed by atoms with Crippen LogP contribution in [0.25, 0.3) is 0 Å². The minimum absolute atomic E-state index is 0.436. The fraction of sp³-hybridized carbons (Fsp3) is 0.222. The summed E-state index contributed by atoms with van der Waals surface area (Å²) in [6.07, 6.45) is 5.51. The largest absolute Gasteiger partial charge is 0.341 e. The van der Waals surface area contributed by atoms with Crippen molar-refractivity contribution in [3.8, 4) is 12.3 Å². The molecule has 1 aliphatic heterocycles. The Balaban J connectivity index is 1.81. The van der Waals surface area contributed by atoms with Gasteiger partial charge in [-0.25, -0.2) is 0 Å². The van der Waals surface area contributed by atoms with Gasteiger partial charge in [-0.1, -0.05) is 48.4 Å². The highest BCUT2D eigenvalue weighted by Crippen LogP contribution is 2.37. The van der Waals surface area contributed by atoms with Gasteiger partial charge in [0.2, 0.25) is 0 Å². The summed E-state index contributed by atoms with van der Waals surface area (Å²) in [5.41, 5.74) is 4.14. The van der Waals surface area contributed by atoms with Crippen LogP contribution in [-0.2, 0) is 28.5 Å². The molecule has 1 aliphatic rings. The summed E-state index contributed by atoms with van der Waals surface area (Å²) < 4.78 is 11.9. The number of hydrogen-bond donors (Lipinski definition) is 0. The fourth-order valence-corrected chi connectivity index (χ4v) is 2.50. The molecular formula is C18H16O2. The number of terminal acetylenes is 1. The molecule has 0 radical (unpaired) electrons. The second kappa shape index (κ2) is 5.13. The van der Waals surface area contributed by atoms with E-state index in [2.05, 4.69) is 18.1 Å². The molecule has 0 bridgehead atoms. The van der Waals surface area contributed by atoms with Gasteiger partial charge < -0.3 is 9.47 Å². The highest BCUT2D eigenvalue weighted by molar-refractivity contribution is 5.39. The maximum atomic E-state index is 6.03. The number of benzene rings is 2. The van der Waals surface area contributed by atoms with Crippen molar-refractivity contribution in [3.05, 3.63) is 70.8 Å². The van der Waals surface area contributed by atoms with Crippen LogP contribution in [0, 0.1) is 12.3 Å². The van der Waals surface area contributed by atoms with E-state index in [0.29, 0.717) is 13.2 Å². The summed E-state index contributed by atoms with van der Waals surface area (Å²) in [4.78, 5) is 0. The summed E-state index contributed by atoms with van der Waals surface area (Å²) >= 11 is 0. The highest BCUT2D eigenvalue weighted by Gasteiger charge is 2.36. The van der Waals surface area contributed by atoms with E-state index < -0.39 is 5.79 Å². The van der Waals surface area contributed by atoms with E-state index in [1.54, 1.807) is 0 Å². The molecule has 0 saturated heterocycles. The SMILES string of the molecule is C#Cc1ccccc1COC1(C)OCc2ccccc21. The maximum Gasteiger partial charge on any atom is 0.193 e. The maximum absolute atomic E-state index is 6.03. The van der Waals surface area contributed by atoms with Crippen molar-refractivity contribution in [2.75, 3.05) is 0 Å². The average molecular weight is 264 g/mol. The molecule has 100 valence electrons. The lowest BCUT2D eigenvalue weighted by Gasteiger charge is -2.25. The lowest BCUT2D eigenvalue weighted by atomic mass is 10.0. The van der Waals surface area contributed by atoms with Crippen molar-refractivity contribution < 1.29 is 9.47 Å². The van der Waals surface area contributed by atoms with Crippen LogP contribution in [0.3, 0.4) is 0 Å². The van der Waals surface area contributed by atoms with Gasteiger partial charge in [0.1, 0.15) is 0 Å². The van der Waals surface area contributed by atoms with Crippen molar-refractivity contribution >= 4 is 0 Å². The molecule has 3 rings (SSSR count). The molecule has 0 aromatic heterocycles. The molecule has 1 unspecified atom stereocenters. The predicted octanol–water partition coefficient (Wildman–Crippen LogP) is 3.59. The Bertz CT molecular complexity index is 669. The topological polar surface area (TPSA) is 18.5 Å². The van der Waals surface area contributed by atoms with Gasteiger partial charge in [-0.05, 0) is 24.1 Å². The first kappa shape index (κ1) is 12.9. The van der Waals surface area contributed by atoms with Gasteiger partial charge in [-0.3, -0.25) is 0 Å². The van der Waals surface area contributed by atoms with Crippen LogP contribution in [0.1, 0.15) is 29.2 Å². The zero-order chi connectivity index (χ0) is 14.0. The van der Waals surface area contributed by atoms with Crippen LogP contribution in [0.15, 0.2) is 48.5 Å². The van der Waals surface area contributed by atoms with E-state index in [-0.39, 0.29) is 0 Å². The third-order valence-corrected chi connectivity index (χ3v) is 3.69. The van der Waals surface area contributed by atoms with Gasteiger partial charge in [0.25, 0.3) is 0 Å². The van der Waals surface area contributed by atoms with E-state index >= 15 is 0 Å². The Morgan fingerprint density at radius 2 is 1.95 bits per heavy atom. The van der Waals surface area contributed by atoms with E-state index in [4.69, 9.17) is 15.9 Å². The highest BCUT2D eigenvalue weighted by atomic mass is 16.7. The smallest absolute Gasteiger partial charge is 0.193 e. The summed E-state index contributed by atoms with van der Waals surface area (Å²) in [5, 5.41) is 0. The fourth-order valence-electron chi connectivity index (χ4n) is 2.50. The zero-order valence-electron chi connectivity index (χ0n) is 11.4. The first-order valence-electron chi connectivity index (χ1n) is 6.64. The molecule has 0 saturated carbocycles. The molecule has 2 heteroatoms. The molecule has 0 fully saturated rings. The van der Waals surface area contributed by atoms with Crippen molar-refractivity contribution in [3.63, 3.8) is 0 Å². The van der Waals surface area contributed by atoms with E-state index in [1.165, 1.54) is 5.56 Å². The quantitative estimate of drug-likeness (QED) is 0.789. The molecule has 0 spiro atoms. The number of rotatable bonds is 3. The molecule has 2 aromatic carbocycles. The molecule has 2 nitrogen and oxygen atoms in total. The zero-order valence-corrected chi connectivity index (χ0v) is 11.4. The van der Waals surface area contributed by atoms with Gasteiger partial charge >= 0.3 is 0 Å². The van der Waals surface area contributed by atoms with Crippen molar-refractivity contribution in [2.24, 2.45) is 0 Å².